The zero-order valence-corrected chi connectivity index (χ0v) is 40.8. The Morgan fingerprint density at radius 3 is 1.68 bits per heavy atom. The van der Waals surface area contributed by atoms with Crippen LogP contribution < -0.4 is 10.4 Å². The normalized spacial score (nSPS) is 12.0. The number of nitrogens with zero attached hydrogens (tertiary/aromatic N) is 2. The Kier molecular flexibility index (Phi) is 11.4. The van der Waals surface area contributed by atoms with Crippen molar-refractivity contribution in [2.45, 2.75) is 66.0 Å². The Morgan fingerprint density at radius 1 is 0.550 bits per heavy atom. The molecule has 2 heterocycles. The Hall–Kier alpha value is -4.18. The molecule has 0 bridgehead atoms. The van der Waals surface area contributed by atoms with E-state index in [-0.39, 0.29) is 0 Å². The van der Waals surface area contributed by atoms with Crippen LogP contribution in [0.4, 0.5) is 0 Å². The third-order valence-electron chi connectivity index (χ3n) is 13.6. The zero-order chi connectivity index (χ0) is 41.9. The molecule has 0 aliphatic rings. The van der Waals surface area contributed by atoms with Crippen LogP contribution in [0, 0.1) is 13.8 Å². The van der Waals surface area contributed by atoms with Gasteiger partial charge in [0.15, 0.2) is 0 Å². The standard InChI is InChI=1S/C54H52N2Si.2ClH.Zr/c1-8-9-10-11-18-38-35(3)54(44-24-17-22-40(52(38)44)37-28-30-51-47(33-37)42-20-13-15-26-49(42)56(51)5)57(6,7)53-34(2)31-45-39(21-16-23-43(45)53)36-27-29-50-46(32-36)41-19-12-14-25-48(41)55(50)4;;;/h12-17,19-33H,8-11,18H2,1-7H3;2*1H;/q-2;;;+4/p-2. The Bertz CT molecular complexity index is 3230. The maximum atomic E-state index is 4.93. The molecule has 10 aromatic rings. The van der Waals surface area contributed by atoms with E-state index >= 15 is 0 Å². The first kappa shape index (κ1) is 41.2. The molecule has 0 aliphatic heterocycles. The number of aryl methyl sites for hydroxylation is 4. The van der Waals surface area contributed by atoms with Crippen molar-refractivity contribution in [3.63, 3.8) is 0 Å². The monoisotopic (exact) mass is 916 g/mol. The topological polar surface area (TPSA) is 9.86 Å². The molecule has 0 aliphatic carbocycles. The summed E-state index contributed by atoms with van der Waals surface area (Å²) in [6, 6.07) is 48.6. The molecule has 300 valence electrons. The second-order valence-corrected chi connectivity index (χ2v) is 25.3. The van der Waals surface area contributed by atoms with Crippen LogP contribution in [0.25, 0.3) is 87.4 Å². The first-order valence-electron chi connectivity index (χ1n) is 21.4. The predicted molar refractivity (Wildman–Crippen MR) is 264 cm³/mol. The fourth-order valence-corrected chi connectivity index (χ4v) is 15.2. The van der Waals surface area contributed by atoms with E-state index in [1.807, 2.05) is 0 Å². The van der Waals surface area contributed by atoms with Gasteiger partial charge in [-0.15, -0.1) is 72.9 Å². The van der Waals surface area contributed by atoms with Crippen molar-refractivity contribution in [3.05, 3.63) is 144 Å². The summed E-state index contributed by atoms with van der Waals surface area (Å²) in [5.74, 6) is 0. The molecule has 0 saturated heterocycles. The predicted octanol–water partition coefficient (Wildman–Crippen LogP) is 15.0. The number of unbranched alkanes of at least 4 members (excludes halogenated alkanes) is 3. The van der Waals surface area contributed by atoms with Gasteiger partial charge in [-0.1, -0.05) is 138 Å². The summed E-state index contributed by atoms with van der Waals surface area (Å²) in [5.41, 5.74) is 15.0. The van der Waals surface area contributed by atoms with Crippen LogP contribution >= 0.6 is 17.0 Å². The quantitative estimate of drug-likeness (QED) is 0.0776. The summed E-state index contributed by atoms with van der Waals surface area (Å²) in [7, 11) is 12.0. The average Bonchev–Trinajstić information content (AvgIpc) is 3.95. The van der Waals surface area contributed by atoms with E-state index in [0.29, 0.717) is 0 Å². The van der Waals surface area contributed by atoms with Crippen LogP contribution in [0.15, 0.2) is 127 Å². The van der Waals surface area contributed by atoms with Gasteiger partial charge >= 0.3 is 37.9 Å². The van der Waals surface area contributed by atoms with Crippen LogP contribution in [0.2, 0.25) is 13.1 Å². The third-order valence-corrected chi connectivity index (χ3v) is 17.4. The van der Waals surface area contributed by atoms with Gasteiger partial charge in [0, 0.05) is 65.8 Å². The molecule has 0 atom stereocenters. The van der Waals surface area contributed by atoms with Crippen LogP contribution in [-0.4, -0.2) is 17.2 Å². The van der Waals surface area contributed by atoms with Crippen LogP contribution in [0.5, 0.6) is 0 Å². The SMILES string of the molecule is CCCCCCc1c(C)[c-]([Si](C)(C)[c-]2c(C)cc3c(-c4ccc5c(c4)c4ccccc4n5C)cccc32)c2cccc(-c3ccc4c(c3)c3ccccc3n4C)c12.[Cl][Zr+2][Cl]. The Balaban J connectivity index is 0.00000150. The van der Waals surface area contributed by atoms with Gasteiger partial charge < -0.3 is 9.13 Å². The Labute approximate surface area is 374 Å². The fraction of sp³-hybridized carbons (Fsp3) is 0.222. The van der Waals surface area contributed by atoms with Gasteiger partial charge in [-0.25, -0.2) is 0 Å². The van der Waals surface area contributed by atoms with E-state index in [2.05, 4.69) is 184 Å². The molecule has 10 rings (SSSR count). The van der Waals surface area contributed by atoms with Gasteiger partial charge in [0.05, 0.1) is 0 Å². The molecule has 2 aromatic heterocycles. The van der Waals surface area contributed by atoms with Gasteiger partial charge in [-0.3, -0.25) is 0 Å². The molecule has 0 amide bonds. The molecule has 0 saturated carbocycles. The van der Waals surface area contributed by atoms with Gasteiger partial charge in [0.2, 0.25) is 0 Å². The second kappa shape index (κ2) is 16.6. The van der Waals surface area contributed by atoms with Gasteiger partial charge in [0.1, 0.15) is 0 Å². The van der Waals surface area contributed by atoms with E-state index in [0.717, 1.165) is 6.42 Å². The van der Waals surface area contributed by atoms with Crippen LogP contribution in [0.1, 0.15) is 49.3 Å². The van der Waals surface area contributed by atoms with Crippen molar-refractivity contribution in [1.29, 1.82) is 0 Å². The Morgan fingerprint density at radius 2 is 1.08 bits per heavy atom. The summed E-state index contributed by atoms with van der Waals surface area (Å²) < 4.78 is 4.67. The van der Waals surface area contributed by atoms with Gasteiger partial charge in [-0.05, 0) is 47.5 Å². The zero-order valence-electron chi connectivity index (χ0n) is 35.8. The molecule has 0 fully saturated rings. The molecule has 0 N–H and O–H groups in total. The van der Waals surface area contributed by atoms with Crippen molar-refractivity contribution in [2.75, 3.05) is 0 Å². The van der Waals surface area contributed by atoms with E-state index < -0.39 is 28.9 Å². The number of fused-ring (bicyclic) bond motifs is 8. The number of para-hydroxylation sites is 2. The van der Waals surface area contributed by atoms with E-state index in [9.17, 15) is 0 Å². The summed E-state index contributed by atoms with van der Waals surface area (Å²) >= 11 is -0.826. The van der Waals surface area contributed by atoms with Crippen molar-refractivity contribution in [2.24, 2.45) is 14.1 Å². The molecule has 60 heavy (non-hydrogen) atoms. The molecular weight excluding hydrogens is 867 g/mol. The van der Waals surface area contributed by atoms with E-state index in [1.54, 1.807) is 15.9 Å². The number of hydrogen-bond donors (Lipinski definition) is 0. The number of benzene rings is 6. The second-order valence-electron chi connectivity index (χ2n) is 17.3. The van der Waals surface area contributed by atoms with Gasteiger partial charge in [-0.2, -0.15) is 6.07 Å². The molecule has 0 spiro atoms. The molecule has 6 heteroatoms. The molecule has 8 aromatic carbocycles. The van der Waals surface area contributed by atoms with Crippen molar-refractivity contribution in [1.82, 2.24) is 9.13 Å². The fourth-order valence-electron chi connectivity index (χ4n) is 11.0. The summed E-state index contributed by atoms with van der Waals surface area (Å²) in [4.78, 5) is 0. The molecular formula is C54H52Cl2N2SiZr. The number of halogens is 2. The molecule has 0 radical (unpaired) electrons. The maximum absolute atomic E-state index is 4.93. The van der Waals surface area contributed by atoms with Gasteiger partial charge in [0.25, 0.3) is 0 Å². The first-order valence-corrected chi connectivity index (χ1v) is 30.8. The number of rotatable bonds is 9. The summed E-state index contributed by atoms with van der Waals surface area (Å²) in [5, 5.41) is 14.3. The van der Waals surface area contributed by atoms with Crippen molar-refractivity contribution < 1.29 is 20.8 Å². The minimum absolute atomic E-state index is 0.826. The van der Waals surface area contributed by atoms with Crippen molar-refractivity contribution in [3.8, 4) is 22.3 Å². The first-order chi connectivity index (χ1) is 29.1. The number of aromatic nitrogens is 2. The minimum atomic E-state index is -2.26. The molecule has 0 unspecified atom stereocenters. The van der Waals surface area contributed by atoms with E-state index in [1.165, 1.54) is 124 Å². The number of hydrogen-bond acceptors (Lipinski definition) is 0. The van der Waals surface area contributed by atoms with Crippen molar-refractivity contribution >= 4 is 101 Å². The van der Waals surface area contributed by atoms with E-state index in [4.69, 9.17) is 17.0 Å². The average molecular weight is 919 g/mol. The molecule has 2 nitrogen and oxygen atoms in total. The van der Waals surface area contributed by atoms with Crippen LogP contribution in [-0.2, 0) is 41.4 Å². The summed E-state index contributed by atoms with van der Waals surface area (Å²) in [6.45, 7) is 12.4. The summed E-state index contributed by atoms with van der Waals surface area (Å²) in [6.07, 6.45) is 6.19. The van der Waals surface area contributed by atoms with Crippen LogP contribution in [0.3, 0.4) is 0 Å². The third kappa shape index (κ3) is 6.69.